The van der Waals surface area contributed by atoms with Gasteiger partial charge in [0.05, 0.1) is 25.2 Å². The monoisotopic (exact) mass is 844 g/mol. The number of aliphatic hydroxyl groups is 2. The number of unbranched alkanes of at least 4 members (excludes halogenated alkanes) is 31. The number of hydrogen-bond donors (Lipinski definition) is 3. The Bertz CT molecular complexity index is 993. The highest BCUT2D eigenvalue weighted by molar-refractivity contribution is 5.77. The number of aliphatic hydroxyl groups excluding tert-OH is 2. The molecule has 0 aromatic carbocycles. The minimum atomic E-state index is -0.794. The van der Waals surface area contributed by atoms with Crippen LogP contribution in [-0.4, -0.2) is 46.9 Å². The van der Waals surface area contributed by atoms with Gasteiger partial charge in [0.1, 0.15) is 6.10 Å². The molecule has 0 saturated heterocycles. The van der Waals surface area contributed by atoms with Gasteiger partial charge in [-0.3, -0.25) is 9.59 Å². The van der Waals surface area contributed by atoms with Gasteiger partial charge in [0, 0.05) is 6.42 Å². The van der Waals surface area contributed by atoms with E-state index < -0.39 is 18.2 Å². The summed E-state index contributed by atoms with van der Waals surface area (Å²) in [4.78, 5) is 26.1. The molecular formula is C54H101NO5. The van der Waals surface area contributed by atoms with Gasteiger partial charge >= 0.3 is 5.97 Å². The second kappa shape index (κ2) is 48.1. The molecule has 0 fully saturated rings. The molecule has 0 bridgehead atoms. The highest BCUT2D eigenvalue weighted by atomic mass is 16.5. The van der Waals surface area contributed by atoms with Gasteiger partial charge in [0.25, 0.3) is 0 Å². The topological polar surface area (TPSA) is 95.9 Å². The van der Waals surface area contributed by atoms with Crippen LogP contribution in [0, 0.1) is 0 Å². The van der Waals surface area contributed by atoms with Crippen molar-refractivity contribution in [3.05, 3.63) is 36.5 Å². The molecule has 0 aromatic rings. The Kier molecular flexibility index (Phi) is 46.6. The Labute approximate surface area is 373 Å². The molecule has 0 aliphatic rings. The average molecular weight is 844 g/mol. The van der Waals surface area contributed by atoms with Crippen molar-refractivity contribution in [3.8, 4) is 0 Å². The van der Waals surface area contributed by atoms with Crippen molar-refractivity contribution >= 4 is 11.9 Å². The fourth-order valence-electron chi connectivity index (χ4n) is 8.02. The first-order valence-electron chi connectivity index (χ1n) is 26.2. The number of nitrogens with one attached hydrogen (secondary N) is 1. The maximum atomic E-state index is 13.2. The molecule has 3 N–H and O–H groups in total. The van der Waals surface area contributed by atoms with E-state index in [1.165, 1.54) is 154 Å². The van der Waals surface area contributed by atoms with E-state index in [9.17, 15) is 19.8 Å². The number of allylic oxidation sites excluding steroid dienone is 6. The third kappa shape index (κ3) is 42.8. The van der Waals surface area contributed by atoms with Crippen LogP contribution >= 0.6 is 0 Å². The number of rotatable bonds is 47. The smallest absolute Gasteiger partial charge is 0.306 e. The summed E-state index contributed by atoms with van der Waals surface area (Å²) in [6, 6.07) is -0.709. The van der Waals surface area contributed by atoms with E-state index in [1.807, 2.05) is 0 Å². The SMILES string of the molecule is CCCCCCC/C=C/C=C/C=C/CCCCCC(CC(=O)NC(CO)C(O)CCCCCCCCCCCCCCCCCC)OC(=O)CCCCCCCCCCC. The molecule has 0 heterocycles. The highest BCUT2D eigenvalue weighted by Crippen LogP contribution is 2.18. The van der Waals surface area contributed by atoms with E-state index in [1.54, 1.807) is 0 Å². The minimum absolute atomic E-state index is 0.0583. The second-order valence-electron chi connectivity index (χ2n) is 18.0. The lowest BCUT2D eigenvalue weighted by Gasteiger charge is -2.24. The normalized spacial score (nSPS) is 13.5. The molecule has 3 unspecified atom stereocenters. The van der Waals surface area contributed by atoms with Crippen LogP contribution in [0.15, 0.2) is 36.5 Å². The van der Waals surface area contributed by atoms with Crippen molar-refractivity contribution in [3.63, 3.8) is 0 Å². The van der Waals surface area contributed by atoms with Crippen LogP contribution < -0.4 is 5.32 Å². The van der Waals surface area contributed by atoms with Crippen molar-refractivity contribution in [1.29, 1.82) is 0 Å². The van der Waals surface area contributed by atoms with Gasteiger partial charge in [-0.25, -0.2) is 0 Å². The van der Waals surface area contributed by atoms with Crippen molar-refractivity contribution in [2.24, 2.45) is 0 Å². The molecule has 0 saturated carbocycles. The maximum absolute atomic E-state index is 13.2. The number of carbonyl (C=O) groups is 2. The van der Waals surface area contributed by atoms with Crippen LogP contribution in [-0.2, 0) is 14.3 Å². The summed E-state index contributed by atoms with van der Waals surface area (Å²) in [6.07, 6.45) is 56.4. The Morgan fingerprint density at radius 3 is 1.28 bits per heavy atom. The fraction of sp³-hybridized carbons (Fsp3) is 0.852. The molecule has 0 radical (unpaired) electrons. The number of carbonyl (C=O) groups excluding carboxylic acids is 2. The molecule has 0 spiro atoms. The molecule has 1 amide bonds. The first kappa shape index (κ1) is 58.1. The van der Waals surface area contributed by atoms with E-state index in [2.05, 4.69) is 62.5 Å². The lowest BCUT2D eigenvalue weighted by molar-refractivity contribution is -0.151. The van der Waals surface area contributed by atoms with Crippen LogP contribution in [0.3, 0.4) is 0 Å². The van der Waals surface area contributed by atoms with E-state index in [-0.39, 0.29) is 24.9 Å². The summed E-state index contributed by atoms with van der Waals surface area (Å²) in [7, 11) is 0. The maximum Gasteiger partial charge on any atom is 0.306 e. The molecule has 352 valence electrons. The Morgan fingerprint density at radius 2 is 0.850 bits per heavy atom. The Hall–Kier alpha value is -1.92. The molecule has 60 heavy (non-hydrogen) atoms. The number of esters is 1. The van der Waals surface area contributed by atoms with Gasteiger partial charge in [-0.15, -0.1) is 0 Å². The van der Waals surface area contributed by atoms with Crippen molar-refractivity contribution in [2.45, 2.75) is 289 Å². The predicted molar refractivity (Wildman–Crippen MR) is 259 cm³/mol. The van der Waals surface area contributed by atoms with Crippen LogP contribution in [0.4, 0.5) is 0 Å². The van der Waals surface area contributed by atoms with Gasteiger partial charge in [-0.05, 0) is 51.4 Å². The molecule has 0 aliphatic carbocycles. The first-order chi connectivity index (χ1) is 29.5. The largest absolute Gasteiger partial charge is 0.462 e. The van der Waals surface area contributed by atoms with Gasteiger partial charge in [-0.2, -0.15) is 0 Å². The van der Waals surface area contributed by atoms with E-state index >= 15 is 0 Å². The zero-order valence-electron chi connectivity index (χ0n) is 40.1. The quantitative estimate of drug-likeness (QED) is 0.0322. The molecule has 3 atom stereocenters. The van der Waals surface area contributed by atoms with Gasteiger partial charge in [0.15, 0.2) is 0 Å². The third-order valence-corrected chi connectivity index (χ3v) is 12.0. The Balaban J connectivity index is 4.55. The highest BCUT2D eigenvalue weighted by Gasteiger charge is 2.24. The molecule has 6 nitrogen and oxygen atoms in total. The molecule has 6 heteroatoms. The lowest BCUT2D eigenvalue weighted by Crippen LogP contribution is -2.46. The summed E-state index contributed by atoms with van der Waals surface area (Å²) in [5.41, 5.74) is 0. The third-order valence-electron chi connectivity index (χ3n) is 12.0. The predicted octanol–water partition coefficient (Wildman–Crippen LogP) is 15.7. The standard InChI is InChI=1S/C54H101NO5/c1-4-7-10-13-16-19-21-23-25-27-29-31-34-36-39-42-45-50(60-54(59)47-44-41-38-33-18-15-12-9-6-3)48-53(58)55-51(49-56)52(57)46-43-40-37-35-32-30-28-26-24-22-20-17-14-11-8-5-2/h21,23,25,27,29,31,50-52,56-57H,4-20,22,24,26,28,30,32-49H2,1-3H3,(H,55,58)/b23-21+,27-25+,31-29+. The number of hydrogen-bond acceptors (Lipinski definition) is 5. The van der Waals surface area contributed by atoms with Crippen LogP contribution in [0.2, 0.25) is 0 Å². The summed E-state index contributed by atoms with van der Waals surface area (Å²) < 4.78 is 5.90. The van der Waals surface area contributed by atoms with E-state index in [0.29, 0.717) is 19.3 Å². The van der Waals surface area contributed by atoms with E-state index in [0.717, 1.165) is 70.6 Å². The number of amides is 1. The first-order valence-corrected chi connectivity index (χ1v) is 26.2. The van der Waals surface area contributed by atoms with Gasteiger partial charge in [-0.1, -0.05) is 243 Å². The Morgan fingerprint density at radius 1 is 0.483 bits per heavy atom. The molecular weight excluding hydrogens is 743 g/mol. The van der Waals surface area contributed by atoms with E-state index in [4.69, 9.17) is 4.74 Å². The number of ether oxygens (including phenoxy) is 1. The molecule has 0 rings (SSSR count). The fourth-order valence-corrected chi connectivity index (χ4v) is 8.02. The summed E-state index contributed by atoms with van der Waals surface area (Å²) in [5, 5.41) is 23.8. The minimum Gasteiger partial charge on any atom is -0.462 e. The van der Waals surface area contributed by atoms with Crippen LogP contribution in [0.5, 0.6) is 0 Å². The van der Waals surface area contributed by atoms with Crippen molar-refractivity contribution < 1.29 is 24.5 Å². The van der Waals surface area contributed by atoms with Crippen LogP contribution in [0.25, 0.3) is 0 Å². The second-order valence-corrected chi connectivity index (χ2v) is 18.0. The molecule has 0 aliphatic heterocycles. The summed E-state index contributed by atoms with van der Waals surface area (Å²) >= 11 is 0. The van der Waals surface area contributed by atoms with Crippen molar-refractivity contribution in [1.82, 2.24) is 5.32 Å². The summed E-state index contributed by atoms with van der Waals surface area (Å²) in [6.45, 7) is 6.46. The van der Waals surface area contributed by atoms with Gasteiger partial charge in [0.2, 0.25) is 5.91 Å². The van der Waals surface area contributed by atoms with Crippen LogP contribution in [0.1, 0.15) is 271 Å². The zero-order valence-corrected chi connectivity index (χ0v) is 40.1. The zero-order chi connectivity index (χ0) is 43.8. The summed E-state index contributed by atoms with van der Waals surface area (Å²) in [5.74, 6) is -0.501. The molecule has 0 aromatic heterocycles. The lowest BCUT2D eigenvalue weighted by atomic mass is 10.0. The van der Waals surface area contributed by atoms with Gasteiger partial charge < -0.3 is 20.3 Å². The van der Waals surface area contributed by atoms with Crippen molar-refractivity contribution in [2.75, 3.05) is 6.61 Å². The average Bonchev–Trinajstić information content (AvgIpc) is 3.24.